The van der Waals surface area contributed by atoms with E-state index in [2.05, 4.69) is 20.6 Å². The quantitative estimate of drug-likeness (QED) is 0.186. The predicted octanol–water partition coefficient (Wildman–Crippen LogP) is 4.17. The topological polar surface area (TPSA) is 155 Å². The molecule has 5 N–H and O–H groups in total. The third-order valence-electron chi connectivity index (χ3n) is 8.54. The number of fused-ring (bicyclic) bond motifs is 1. The first kappa shape index (κ1) is 34.1. The molecule has 3 aromatic carbocycles. The fourth-order valence-corrected chi connectivity index (χ4v) is 5.82. The van der Waals surface area contributed by atoms with Gasteiger partial charge in [0.1, 0.15) is 11.8 Å². The van der Waals surface area contributed by atoms with Gasteiger partial charge in [-0.2, -0.15) is 5.10 Å². The van der Waals surface area contributed by atoms with E-state index in [1.54, 1.807) is 60.5 Å². The average Bonchev–Trinajstić information content (AvgIpc) is 3.41. The first-order chi connectivity index (χ1) is 22.9. The number of anilines is 3. The van der Waals surface area contributed by atoms with E-state index in [1.165, 1.54) is 4.68 Å². The van der Waals surface area contributed by atoms with Crippen molar-refractivity contribution in [2.75, 3.05) is 43.1 Å². The summed E-state index contributed by atoms with van der Waals surface area (Å²) in [6.45, 7) is 6.88. The SMILES string of the molecule is Cc1cc(C(=O)Nc2cccc3c2O[C@H](CN(C)Cc2ccc(C(=O)Nc4ccccc4N)cc2)[C@H](C)CN([C@@H](C)CO)C3=O)n(C)n1. The lowest BCUT2D eigenvalue weighted by atomic mass is 9.98. The number of aromatic nitrogens is 2. The summed E-state index contributed by atoms with van der Waals surface area (Å²) in [5, 5.41) is 20.1. The largest absolute Gasteiger partial charge is 0.486 e. The molecule has 3 atom stereocenters. The van der Waals surface area contributed by atoms with Crippen LogP contribution in [-0.2, 0) is 13.6 Å². The number of nitrogen functional groups attached to an aromatic ring is 1. The van der Waals surface area contributed by atoms with E-state index in [4.69, 9.17) is 10.5 Å². The Kier molecular flexibility index (Phi) is 10.5. The molecule has 0 spiro atoms. The van der Waals surface area contributed by atoms with Crippen molar-refractivity contribution in [2.45, 2.75) is 39.5 Å². The summed E-state index contributed by atoms with van der Waals surface area (Å²) < 4.78 is 8.16. The summed E-state index contributed by atoms with van der Waals surface area (Å²) in [6, 6.07) is 20.9. The highest BCUT2D eigenvalue weighted by Gasteiger charge is 2.35. The average molecular weight is 654 g/mol. The number of para-hydroxylation sites is 3. The summed E-state index contributed by atoms with van der Waals surface area (Å²) in [5.41, 5.74) is 10.3. The number of rotatable bonds is 10. The number of carbonyl (C=O) groups excluding carboxylic acids is 3. The molecule has 1 aliphatic rings. The molecule has 0 unspecified atom stereocenters. The molecule has 0 fully saturated rings. The predicted molar refractivity (Wildman–Crippen MR) is 185 cm³/mol. The van der Waals surface area contributed by atoms with Gasteiger partial charge in [0, 0.05) is 38.2 Å². The van der Waals surface area contributed by atoms with Crippen molar-refractivity contribution in [2.24, 2.45) is 13.0 Å². The summed E-state index contributed by atoms with van der Waals surface area (Å²) in [7, 11) is 3.68. The van der Waals surface area contributed by atoms with Crippen molar-refractivity contribution < 1.29 is 24.2 Å². The molecule has 4 aromatic rings. The first-order valence-electron chi connectivity index (χ1n) is 15.9. The van der Waals surface area contributed by atoms with Crippen LogP contribution in [0, 0.1) is 12.8 Å². The number of hydrogen-bond acceptors (Lipinski definition) is 8. The van der Waals surface area contributed by atoms with Crippen molar-refractivity contribution in [3.05, 3.63) is 101 Å². The van der Waals surface area contributed by atoms with Gasteiger partial charge in [-0.1, -0.05) is 37.3 Å². The third-order valence-corrected chi connectivity index (χ3v) is 8.54. The zero-order valence-corrected chi connectivity index (χ0v) is 27.9. The number of amides is 3. The summed E-state index contributed by atoms with van der Waals surface area (Å²) >= 11 is 0. The van der Waals surface area contributed by atoms with Gasteiger partial charge in [0.15, 0.2) is 5.75 Å². The summed E-state index contributed by atoms with van der Waals surface area (Å²) in [5.74, 6) is -0.753. The number of nitrogens with two attached hydrogens (primary N) is 1. The Labute approximate surface area is 280 Å². The highest BCUT2D eigenvalue weighted by Crippen LogP contribution is 2.35. The van der Waals surface area contributed by atoms with Crippen LogP contribution < -0.4 is 21.1 Å². The Bertz CT molecular complexity index is 1790. The van der Waals surface area contributed by atoms with Crippen LogP contribution in [-0.4, -0.2) is 81.3 Å². The normalized spacial score (nSPS) is 16.8. The Morgan fingerprint density at radius 3 is 2.42 bits per heavy atom. The van der Waals surface area contributed by atoms with Crippen molar-refractivity contribution in [3.63, 3.8) is 0 Å². The highest BCUT2D eigenvalue weighted by atomic mass is 16.5. The van der Waals surface area contributed by atoms with Crippen LogP contribution in [0.2, 0.25) is 0 Å². The fourth-order valence-electron chi connectivity index (χ4n) is 5.82. The van der Waals surface area contributed by atoms with E-state index in [1.807, 2.05) is 52.1 Å². The third kappa shape index (κ3) is 7.67. The number of nitrogens with zero attached hydrogens (tertiary/aromatic N) is 4. The minimum Gasteiger partial charge on any atom is -0.486 e. The van der Waals surface area contributed by atoms with Gasteiger partial charge in [-0.3, -0.25) is 24.0 Å². The molecule has 0 saturated heterocycles. The van der Waals surface area contributed by atoms with Gasteiger partial charge in [-0.15, -0.1) is 0 Å². The van der Waals surface area contributed by atoms with Crippen LogP contribution in [0.5, 0.6) is 5.75 Å². The number of carbonyl (C=O) groups is 3. The second-order valence-corrected chi connectivity index (χ2v) is 12.5. The Hall–Kier alpha value is -5.20. The van der Waals surface area contributed by atoms with Gasteiger partial charge in [0.05, 0.1) is 41.0 Å². The van der Waals surface area contributed by atoms with Crippen LogP contribution in [0.15, 0.2) is 72.8 Å². The molecule has 2 heterocycles. The molecule has 12 nitrogen and oxygen atoms in total. The molecule has 0 radical (unpaired) electrons. The van der Waals surface area contributed by atoms with E-state index < -0.39 is 6.04 Å². The van der Waals surface area contributed by atoms with E-state index in [0.717, 1.165) is 5.56 Å². The van der Waals surface area contributed by atoms with Gasteiger partial charge >= 0.3 is 0 Å². The standard InChI is InChI=1S/C36H43N7O5/c1-22-18-43(24(3)21-44)36(47)27-9-8-12-30(39-35(46)31-17-23(2)40-42(31)5)33(27)48-32(22)20-41(4)19-25-13-15-26(16-14-25)34(45)38-29-11-7-6-10-28(29)37/h6-17,22,24,32,44H,18-21,37H2,1-5H3,(H,38,45)(H,39,46)/t22-,24+,32-/m1/s1. The lowest BCUT2D eigenvalue weighted by molar-refractivity contribution is 0.0343. The minimum absolute atomic E-state index is 0.126. The smallest absolute Gasteiger partial charge is 0.274 e. The highest BCUT2D eigenvalue weighted by molar-refractivity contribution is 6.07. The molecule has 0 aliphatic carbocycles. The van der Waals surface area contributed by atoms with E-state index in [-0.39, 0.29) is 42.1 Å². The zero-order valence-electron chi connectivity index (χ0n) is 27.9. The maximum absolute atomic E-state index is 13.8. The Balaban J connectivity index is 1.35. The Morgan fingerprint density at radius 1 is 1.06 bits per heavy atom. The van der Waals surface area contributed by atoms with Crippen LogP contribution in [0.1, 0.15) is 56.3 Å². The van der Waals surface area contributed by atoms with Crippen LogP contribution in [0.3, 0.4) is 0 Å². The fraction of sp³-hybridized carbons (Fsp3) is 0.333. The molecule has 1 aromatic heterocycles. The van der Waals surface area contributed by atoms with Gasteiger partial charge in [0.2, 0.25) is 0 Å². The van der Waals surface area contributed by atoms with Gasteiger partial charge in [-0.05, 0) is 68.9 Å². The lowest BCUT2D eigenvalue weighted by Crippen LogP contribution is -2.49. The minimum atomic E-state index is -0.422. The molecular formula is C36H43N7O5. The van der Waals surface area contributed by atoms with Crippen molar-refractivity contribution in [1.82, 2.24) is 19.6 Å². The molecule has 3 amide bonds. The zero-order chi connectivity index (χ0) is 34.5. The second-order valence-electron chi connectivity index (χ2n) is 12.5. The number of aliphatic hydroxyl groups excluding tert-OH is 1. The number of benzene rings is 3. The number of nitrogens with one attached hydrogen (secondary N) is 2. The maximum atomic E-state index is 13.8. The van der Waals surface area contributed by atoms with E-state index in [9.17, 15) is 19.5 Å². The molecule has 48 heavy (non-hydrogen) atoms. The molecule has 1 aliphatic heterocycles. The number of aryl methyl sites for hydroxylation is 2. The van der Waals surface area contributed by atoms with E-state index in [0.29, 0.717) is 59.2 Å². The molecule has 0 saturated carbocycles. The first-order valence-corrected chi connectivity index (χ1v) is 15.9. The second kappa shape index (κ2) is 14.7. The van der Waals surface area contributed by atoms with Crippen LogP contribution in [0.25, 0.3) is 0 Å². The summed E-state index contributed by atoms with van der Waals surface area (Å²) in [6.07, 6.45) is -0.381. The molecular weight excluding hydrogens is 610 g/mol. The Morgan fingerprint density at radius 2 is 1.75 bits per heavy atom. The summed E-state index contributed by atoms with van der Waals surface area (Å²) in [4.78, 5) is 43.7. The lowest BCUT2D eigenvalue weighted by Gasteiger charge is -2.38. The van der Waals surface area contributed by atoms with Crippen molar-refractivity contribution in [3.8, 4) is 5.75 Å². The van der Waals surface area contributed by atoms with Crippen LogP contribution >= 0.6 is 0 Å². The van der Waals surface area contributed by atoms with E-state index >= 15 is 0 Å². The number of hydrogen-bond donors (Lipinski definition) is 4. The molecule has 5 rings (SSSR count). The van der Waals surface area contributed by atoms with Gasteiger partial charge in [0.25, 0.3) is 17.7 Å². The van der Waals surface area contributed by atoms with Crippen molar-refractivity contribution >= 4 is 34.8 Å². The maximum Gasteiger partial charge on any atom is 0.274 e. The van der Waals surface area contributed by atoms with Gasteiger partial charge in [-0.25, -0.2) is 0 Å². The van der Waals surface area contributed by atoms with Crippen LogP contribution in [0.4, 0.5) is 17.1 Å². The molecule has 252 valence electrons. The number of likely N-dealkylation sites (N-methyl/N-ethyl adjacent to an activating group) is 1. The number of aliphatic hydroxyl groups is 1. The monoisotopic (exact) mass is 653 g/mol. The molecule has 12 heteroatoms. The molecule has 0 bridgehead atoms. The van der Waals surface area contributed by atoms with Crippen molar-refractivity contribution in [1.29, 1.82) is 0 Å². The number of ether oxygens (including phenoxy) is 1. The van der Waals surface area contributed by atoms with Gasteiger partial charge < -0.3 is 31.1 Å².